The van der Waals surface area contributed by atoms with E-state index in [1.807, 2.05) is 0 Å². The molecule has 0 radical (unpaired) electrons. The maximum Gasteiger partial charge on any atom is 0.409 e. The van der Waals surface area contributed by atoms with Gasteiger partial charge in [0.05, 0.1) is 13.2 Å². The lowest BCUT2D eigenvalue weighted by Crippen LogP contribution is -2.33. The van der Waals surface area contributed by atoms with E-state index in [1.54, 1.807) is 6.92 Å². The molecule has 2 unspecified atom stereocenters. The molecule has 0 spiro atoms. The molecule has 6 nitrogen and oxygen atoms in total. The van der Waals surface area contributed by atoms with Crippen LogP contribution in [0.2, 0.25) is 25.7 Å². The predicted octanol–water partition coefficient (Wildman–Crippen LogP) is 2.06. The fourth-order valence-corrected chi connectivity index (χ4v) is 2.62. The van der Waals surface area contributed by atoms with Gasteiger partial charge in [0.25, 0.3) is 0 Å². The molecule has 0 aliphatic carbocycles. The summed E-state index contributed by atoms with van der Waals surface area (Å²) in [5.41, 5.74) is 0. The van der Waals surface area contributed by atoms with Crippen molar-refractivity contribution in [3.63, 3.8) is 0 Å². The average molecular weight is 274 g/mol. The molecule has 0 saturated carbocycles. The van der Waals surface area contributed by atoms with E-state index in [2.05, 4.69) is 19.6 Å². The van der Waals surface area contributed by atoms with Crippen LogP contribution in [0, 0.1) is 16.0 Å². The minimum atomic E-state index is -1.21. The first-order valence-corrected chi connectivity index (χ1v) is 9.96. The van der Waals surface area contributed by atoms with E-state index in [-0.39, 0.29) is 17.4 Å². The topological polar surface area (TPSA) is 72.7 Å². The lowest BCUT2D eigenvalue weighted by Gasteiger charge is -2.18. The number of carbonyl (C=O) groups is 1. The summed E-state index contributed by atoms with van der Waals surface area (Å²) in [4.78, 5) is 23.6. The smallest absolute Gasteiger partial charge is 0.409 e. The van der Waals surface area contributed by atoms with E-state index in [0.29, 0.717) is 13.2 Å². The van der Waals surface area contributed by atoms with Crippen molar-refractivity contribution in [2.75, 3.05) is 19.7 Å². The molecule has 7 heteroatoms. The second-order valence-corrected chi connectivity index (χ2v) is 11.8. The molecule has 1 rings (SSSR count). The number of nitro groups is 1. The normalized spacial score (nSPS) is 24.1. The highest BCUT2D eigenvalue weighted by molar-refractivity contribution is 6.76. The third kappa shape index (κ3) is 4.28. The zero-order valence-electron chi connectivity index (χ0n) is 11.5. The van der Waals surface area contributed by atoms with Crippen molar-refractivity contribution in [3.05, 3.63) is 10.1 Å². The number of rotatable bonds is 4. The molecule has 0 aromatic heterocycles. The Balaban J connectivity index is 2.38. The van der Waals surface area contributed by atoms with Crippen molar-refractivity contribution < 1.29 is 14.5 Å². The van der Waals surface area contributed by atoms with Gasteiger partial charge in [0.15, 0.2) is 0 Å². The molecule has 0 aromatic rings. The van der Waals surface area contributed by atoms with Crippen molar-refractivity contribution in [1.29, 1.82) is 0 Å². The van der Waals surface area contributed by atoms with Crippen molar-refractivity contribution in [2.24, 2.45) is 5.92 Å². The molecule has 2 atom stereocenters. The van der Waals surface area contributed by atoms with Crippen LogP contribution < -0.4 is 0 Å². The quantitative estimate of drug-likeness (QED) is 0.447. The fraction of sp³-hybridized carbons (Fsp3) is 0.909. The van der Waals surface area contributed by atoms with E-state index in [1.165, 1.54) is 4.90 Å². The summed E-state index contributed by atoms with van der Waals surface area (Å²) in [6.45, 7) is 9.42. The van der Waals surface area contributed by atoms with E-state index in [9.17, 15) is 14.9 Å². The van der Waals surface area contributed by atoms with Crippen LogP contribution in [-0.2, 0) is 4.74 Å². The van der Waals surface area contributed by atoms with E-state index in [4.69, 9.17) is 4.74 Å². The monoisotopic (exact) mass is 274 g/mol. The van der Waals surface area contributed by atoms with Gasteiger partial charge in [-0.15, -0.1) is 0 Å². The number of likely N-dealkylation sites (tertiary alicyclic amines) is 1. The standard InChI is InChI=1S/C11H22N2O4Si/c1-9-7-12(8-10(9)13(15)16)11(14)17-5-6-18(2,3)4/h9-10H,5-8H2,1-4H3. The van der Waals surface area contributed by atoms with E-state index >= 15 is 0 Å². The maximum atomic E-state index is 11.7. The van der Waals surface area contributed by atoms with E-state index < -0.39 is 20.2 Å². The first-order chi connectivity index (χ1) is 8.20. The van der Waals surface area contributed by atoms with Gasteiger partial charge in [-0.3, -0.25) is 10.1 Å². The van der Waals surface area contributed by atoms with Gasteiger partial charge in [-0.05, 0) is 6.04 Å². The minimum Gasteiger partial charge on any atom is -0.450 e. The molecular weight excluding hydrogens is 252 g/mol. The molecule has 0 bridgehead atoms. The third-order valence-corrected chi connectivity index (χ3v) is 4.88. The Kier molecular flexibility index (Phi) is 4.72. The Hall–Kier alpha value is -1.11. The first kappa shape index (κ1) is 14.9. The van der Waals surface area contributed by atoms with Crippen molar-refractivity contribution in [3.8, 4) is 0 Å². The molecule has 1 amide bonds. The van der Waals surface area contributed by atoms with Gasteiger partial charge in [0, 0.05) is 25.5 Å². The second-order valence-electron chi connectivity index (χ2n) is 6.16. The van der Waals surface area contributed by atoms with Crippen LogP contribution in [0.1, 0.15) is 6.92 Å². The second kappa shape index (κ2) is 5.68. The van der Waals surface area contributed by atoms with E-state index in [0.717, 1.165) is 6.04 Å². The highest BCUT2D eigenvalue weighted by atomic mass is 28.3. The third-order valence-electron chi connectivity index (χ3n) is 3.18. The summed E-state index contributed by atoms with van der Waals surface area (Å²) in [5, 5.41) is 10.8. The summed E-state index contributed by atoms with van der Waals surface area (Å²) >= 11 is 0. The van der Waals surface area contributed by atoms with Crippen LogP contribution in [0.3, 0.4) is 0 Å². The Labute approximate surface area is 108 Å². The molecule has 104 valence electrons. The molecule has 1 fully saturated rings. The molecule has 18 heavy (non-hydrogen) atoms. The Bertz CT molecular complexity index is 329. The van der Waals surface area contributed by atoms with Gasteiger partial charge < -0.3 is 9.64 Å². The zero-order valence-corrected chi connectivity index (χ0v) is 12.5. The highest BCUT2D eigenvalue weighted by Gasteiger charge is 2.40. The summed E-state index contributed by atoms with van der Waals surface area (Å²) in [7, 11) is -1.21. The summed E-state index contributed by atoms with van der Waals surface area (Å²) < 4.78 is 5.18. The van der Waals surface area contributed by atoms with Crippen molar-refractivity contribution >= 4 is 14.2 Å². The summed E-state index contributed by atoms with van der Waals surface area (Å²) in [5.74, 6) is -0.107. The van der Waals surface area contributed by atoms with Crippen molar-refractivity contribution in [2.45, 2.75) is 38.7 Å². The number of amides is 1. The lowest BCUT2D eigenvalue weighted by atomic mass is 10.1. The zero-order chi connectivity index (χ0) is 13.9. The van der Waals surface area contributed by atoms with Crippen LogP contribution in [-0.4, -0.2) is 49.7 Å². The Morgan fingerprint density at radius 3 is 2.50 bits per heavy atom. The van der Waals surface area contributed by atoms with Gasteiger partial charge in [0.2, 0.25) is 6.04 Å². The van der Waals surface area contributed by atoms with Gasteiger partial charge >= 0.3 is 6.09 Å². The van der Waals surface area contributed by atoms with Crippen LogP contribution in [0.15, 0.2) is 0 Å². The van der Waals surface area contributed by atoms with Gasteiger partial charge in [-0.1, -0.05) is 26.6 Å². The fourth-order valence-electron chi connectivity index (χ4n) is 1.91. The molecular formula is C11H22N2O4Si. The minimum absolute atomic E-state index is 0.107. The predicted molar refractivity (Wildman–Crippen MR) is 71.0 cm³/mol. The molecule has 0 aromatic carbocycles. The van der Waals surface area contributed by atoms with Crippen LogP contribution in [0.5, 0.6) is 0 Å². The van der Waals surface area contributed by atoms with Crippen LogP contribution >= 0.6 is 0 Å². The number of carbonyl (C=O) groups excluding carboxylic acids is 1. The van der Waals surface area contributed by atoms with Crippen molar-refractivity contribution in [1.82, 2.24) is 4.90 Å². The Morgan fingerprint density at radius 1 is 1.44 bits per heavy atom. The number of hydrogen-bond donors (Lipinski definition) is 0. The Morgan fingerprint density at radius 2 is 2.06 bits per heavy atom. The van der Waals surface area contributed by atoms with Gasteiger partial charge in [-0.25, -0.2) is 4.79 Å². The summed E-state index contributed by atoms with van der Waals surface area (Å²) in [6, 6.07) is 0.260. The molecule has 0 N–H and O–H groups in total. The molecule has 1 saturated heterocycles. The van der Waals surface area contributed by atoms with Gasteiger partial charge in [0.1, 0.15) is 0 Å². The highest BCUT2D eigenvalue weighted by Crippen LogP contribution is 2.19. The van der Waals surface area contributed by atoms with Crippen LogP contribution in [0.25, 0.3) is 0 Å². The number of ether oxygens (including phenoxy) is 1. The summed E-state index contributed by atoms with van der Waals surface area (Å²) in [6.07, 6.45) is -0.413. The lowest BCUT2D eigenvalue weighted by molar-refractivity contribution is -0.524. The average Bonchev–Trinajstić information content (AvgIpc) is 2.58. The molecule has 1 heterocycles. The van der Waals surface area contributed by atoms with Crippen LogP contribution in [0.4, 0.5) is 4.79 Å². The maximum absolute atomic E-state index is 11.7. The number of nitrogens with zero attached hydrogens (tertiary/aromatic N) is 2. The molecule has 1 aliphatic heterocycles. The SMILES string of the molecule is CC1CN(C(=O)OCC[Si](C)(C)C)CC1[N+](=O)[O-]. The number of hydrogen-bond acceptors (Lipinski definition) is 4. The molecule has 1 aliphatic rings. The largest absolute Gasteiger partial charge is 0.450 e. The van der Waals surface area contributed by atoms with Gasteiger partial charge in [-0.2, -0.15) is 0 Å². The first-order valence-electron chi connectivity index (χ1n) is 6.26.